The Kier molecular flexibility index (Phi) is 5.66. The van der Waals surface area contributed by atoms with Crippen LogP contribution in [0.1, 0.15) is 40.9 Å². The van der Waals surface area contributed by atoms with Gasteiger partial charge >= 0.3 is 0 Å². The molecule has 132 valence electrons. The molecule has 0 radical (unpaired) electrons. The van der Waals surface area contributed by atoms with Gasteiger partial charge in [0.05, 0.1) is 18.8 Å². The summed E-state index contributed by atoms with van der Waals surface area (Å²) in [5, 5.41) is 9.72. The van der Waals surface area contributed by atoms with E-state index in [1.165, 1.54) is 0 Å². The second-order valence-electron chi connectivity index (χ2n) is 6.40. The van der Waals surface area contributed by atoms with E-state index in [0.717, 1.165) is 29.8 Å². The van der Waals surface area contributed by atoms with Crippen molar-refractivity contribution in [3.8, 4) is 5.75 Å². The fourth-order valence-electron chi connectivity index (χ4n) is 3.16. The standard InChI is InChI=1S/C20H24N2O3/c1-25-19-7-3-2-5-15(19)13-17-9-8-16(14-21-17)20(24)22-11-4-6-18(23)10-12-22/h2-3,5,7-9,14,18,23H,4,6,10-13H2,1H3/t18-/m0/s1. The second-order valence-corrected chi connectivity index (χ2v) is 6.40. The number of ether oxygens (including phenoxy) is 1. The minimum Gasteiger partial charge on any atom is -0.496 e. The van der Waals surface area contributed by atoms with Gasteiger partial charge in [0.1, 0.15) is 5.75 Å². The molecule has 1 atom stereocenters. The molecule has 5 heteroatoms. The maximum Gasteiger partial charge on any atom is 0.255 e. The lowest BCUT2D eigenvalue weighted by atomic mass is 10.1. The van der Waals surface area contributed by atoms with E-state index in [1.807, 2.05) is 41.3 Å². The van der Waals surface area contributed by atoms with Gasteiger partial charge in [0, 0.05) is 37.0 Å². The Balaban J connectivity index is 1.68. The first-order chi connectivity index (χ1) is 12.2. The molecule has 5 nitrogen and oxygen atoms in total. The van der Waals surface area contributed by atoms with Crippen LogP contribution in [0.5, 0.6) is 5.75 Å². The average molecular weight is 340 g/mol. The van der Waals surface area contributed by atoms with E-state index in [1.54, 1.807) is 13.3 Å². The fourth-order valence-corrected chi connectivity index (χ4v) is 3.16. The quantitative estimate of drug-likeness (QED) is 0.929. The Morgan fingerprint density at radius 3 is 2.84 bits per heavy atom. The van der Waals surface area contributed by atoms with E-state index in [4.69, 9.17) is 4.74 Å². The molecule has 0 bridgehead atoms. The first-order valence-electron chi connectivity index (χ1n) is 8.71. The van der Waals surface area contributed by atoms with Crippen LogP contribution in [0.15, 0.2) is 42.6 Å². The highest BCUT2D eigenvalue weighted by Gasteiger charge is 2.20. The summed E-state index contributed by atoms with van der Waals surface area (Å²) in [5.41, 5.74) is 2.56. The molecule has 2 heterocycles. The molecular formula is C20H24N2O3. The third-order valence-corrected chi connectivity index (χ3v) is 4.62. The zero-order valence-corrected chi connectivity index (χ0v) is 14.5. The monoisotopic (exact) mass is 340 g/mol. The zero-order valence-electron chi connectivity index (χ0n) is 14.5. The second kappa shape index (κ2) is 8.12. The molecule has 1 amide bonds. The van der Waals surface area contributed by atoms with Crippen molar-refractivity contribution < 1.29 is 14.6 Å². The van der Waals surface area contributed by atoms with Gasteiger partial charge in [-0.05, 0) is 37.5 Å². The van der Waals surface area contributed by atoms with Gasteiger partial charge in [0.25, 0.3) is 5.91 Å². The summed E-state index contributed by atoms with van der Waals surface area (Å²) in [5.74, 6) is 0.831. The maximum absolute atomic E-state index is 12.6. The number of carbonyl (C=O) groups excluding carboxylic acids is 1. The lowest BCUT2D eigenvalue weighted by Gasteiger charge is -2.20. The Bertz CT molecular complexity index is 715. The zero-order chi connectivity index (χ0) is 17.6. The highest BCUT2D eigenvalue weighted by atomic mass is 16.5. The van der Waals surface area contributed by atoms with E-state index in [9.17, 15) is 9.90 Å². The smallest absolute Gasteiger partial charge is 0.255 e. The van der Waals surface area contributed by atoms with Crippen molar-refractivity contribution in [1.29, 1.82) is 0 Å². The summed E-state index contributed by atoms with van der Waals surface area (Å²) in [6.07, 6.45) is 4.26. The van der Waals surface area contributed by atoms with Gasteiger partial charge in [0.15, 0.2) is 0 Å². The molecule has 0 aliphatic carbocycles. The van der Waals surface area contributed by atoms with E-state index < -0.39 is 0 Å². The summed E-state index contributed by atoms with van der Waals surface area (Å²) in [6.45, 7) is 1.29. The van der Waals surface area contributed by atoms with Gasteiger partial charge < -0.3 is 14.7 Å². The van der Waals surface area contributed by atoms with Gasteiger partial charge in [-0.2, -0.15) is 0 Å². The number of hydrogen-bond donors (Lipinski definition) is 1. The molecule has 1 saturated heterocycles. The van der Waals surface area contributed by atoms with Crippen LogP contribution >= 0.6 is 0 Å². The first-order valence-corrected chi connectivity index (χ1v) is 8.71. The Hall–Kier alpha value is -2.40. The van der Waals surface area contributed by atoms with E-state index in [2.05, 4.69) is 4.98 Å². The van der Waals surface area contributed by atoms with E-state index in [0.29, 0.717) is 31.5 Å². The van der Waals surface area contributed by atoms with Crippen LogP contribution in [-0.4, -0.2) is 47.2 Å². The number of aliphatic hydroxyl groups is 1. The van der Waals surface area contributed by atoms with Crippen molar-refractivity contribution in [2.45, 2.75) is 31.8 Å². The molecule has 1 aromatic heterocycles. The number of rotatable bonds is 4. The number of hydrogen-bond acceptors (Lipinski definition) is 4. The number of nitrogens with zero attached hydrogens (tertiary/aromatic N) is 2. The number of likely N-dealkylation sites (tertiary alicyclic amines) is 1. The summed E-state index contributed by atoms with van der Waals surface area (Å²) in [7, 11) is 1.66. The predicted octanol–water partition coefficient (Wildman–Crippen LogP) is 2.67. The van der Waals surface area contributed by atoms with Crippen LogP contribution < -0.4 is 4.74 Å². The average Bonchev–Trinajstić information content (AvgIpc) is 2.87. The van der Waals surface area contributed by atoms with Crippen LogP contribution in [0.4, 0.5) is 0 Å². The molecule has 1 aliphatic rings. The normalized spacial score (nSPS) is 17.8. The number of para-hydroxylation sites is 1. The third kappa shape index (κ3) is 4.37. The number of pyridine rings is 1. The maximum atomic E-state index is 12.6. The molecule has 0 saturated carbocycles. The summed E-state index contributed by atoms with van der Waals surface area (Å²) in [4.78, 5) is 18.9. The van der Waals surface area contributed by atoms with Crippen molar-refractivity contribution in [3.63, 3.8) is 0 Å². The minimum absolute atomic E-state index is 0.00885. The van der Waals surface area contributed by atoms with Crippen LogP contribution in [0.3, 0.4) is 0 Å². The van der Waals surface area contributed by atoms with Gasteiger partial charge in [-0.3, -0.25) is 9.78 Å². The lowest BCUT2D eigenvalue weighted by molar-refractivity contribution is 0.0752. The van der Waals surface area contributed by atoms with Crippen molar-refractivity contribution in [2.75, 3.05) is 20.2 Å². The molecule has 1 aromatic carbocycles. The minimum atomic E-state index is -0.292. The van der Waals surface area contributed by atoms with Crippen molar-refractivity contribution in [3.05, 3.63) is 59.4 Å². The first kappa shape index (κ1) is 17.4. The highest BCUT2D eigenvalue weighted by molar-refractivity contribution is 5.93. The van der Waals surface area contributed by atoms with Crippen LogP contribution in [0.25, 0.3) is 0 Å². The number of aliphatic hydroxyl groups excluding tert-OH is 1. The van der Waals surface area contributed by atoms with Crippen LogP contribution in [0, 0.1) is 0 Å². The van der Waals surface area contributed by atoms with Crippen molar-refractivity contribution in [1.82, 2.24) is 9.88 Å². The summed E-state index contributed by atoms with van der Waals surface area (Å²) >= 11 is 0. The molecule has 0 unspecified atom stereocenters. The van der Waals surface area contributed by atoms with E-state index >= 15 is 0 Å². The van der Waals surface area contributed by atoms with Crippen LogP contribution in [-0.2, 0) is 6.42 Å². The van der Waals surface area contributed by atoms with Gasteiger partial charge in [-0.1, -0.05) is 18.2 Å². The van der Waals surface area contributed by atoms with Gasteiger partial charge in [-0.25, -0.2) is 0 Å². The molecule has 0 spiro atoms. The number of carbonyl (C=O) groups is 1. The van der Waals surface area contributed by atoms with Crippen LogP contribution in [0.2, 0.25) is 0 Å². The Labute approximate surface area is 148 Å². The van der Waals surface area contributed by atoms with Gasteiger partial charge in [-0.15, -0.1) is 0 Å². The predicted molar refractivity (Wildman–Crippen MR) is 95.8 cm³/mol. The third-order valence-electron chi connectivity index (χ3n) is 4.62. The number of benzene rings is 1. The Morgan fingerprint density at radius 1 is 1.24 bits per heavy atom. The fraction of sp³-hybridized carbons (Fsp3) is 0.400. The largest absolute Gasteiger partial charge is 0.496 e. The SMILES string of the molecule is COc1ccccc1Cc1ccc(C(=O)N2CCC[C@H](O)CC2)cn1. The number of aromatic nitrogens is 1. The molecule has 1 aliphatic heterocycles. The number of methoxy groups -OCH3 is 1. The summed E-state index contributed by atoms with van der Waals surface area (Å²) < 4.78 is 5.37. The molecule has 1 N–H and O–H groups in total. The van der Waals surface area contributed by atoms with Crippen molar-refractivity contribution >= 4 is 5.91 Å². The topological polar surface area (TPSA) is 62.7 Å². The molecular weight excluding hydrogens is 316 g/mol. The molecule has 2 aromatic rings. The van der Waals surface area contributed by atoms with E-state index in [-0.39, 0.29) is 12.0 Å². The molecule has 3 rings (SSSR count). The Morgan fingerprint density at radius 2 is 2.08 bits per heavy atom. The lowest BCUT2D eigenvalue weighted by Crippen LogP contribution is -2.32. The highest BCUT2D eigenvalue weighted by Crippen LogP contribution is 2.20. The molecule has 1 fully saturated rings. The number of amides is 1. The van der Waals surface area contributed by atoms with Gasteiger partial charge in [0.2, 0.25) is 0 Å². The summed E-state index contributed by atoms with van der Waals surface area (Å²) in [6, 6.07) is 11.6. The molecule has 25 heavy (non-hydrogen) atoms. The van der Waals surface area contributed by atoms with Crippen molar-refractivity contribution in [2.24, 2.45) is 0 Å².